The Balaban J connectivity index is 2.17. The zero-order valence-corrected chi connectivity index (χ0v) is 54.9. The monoisotopic (exact) mass is 1200 g/mol. The molecule has 1 aliphatic heterocycles. The molecule has 1 heterocycles. The van der Waals surface area contributed by atoms with Gasteiger partial charge >= 0.3 is 10.4 Å². The Morgan fingerprint density at radius 3 is 1.14 bits per heavy atom. The van der Waals surface area contributed by atoms with Crippen LogP contribution in [-0.2, 0) is 28.9 Å². The van der Waals surface area contributed by atoms with Gasteiger partial charge in [0, 0.05) is 6.42 Å². The van der Waals surface area contributed by atoms with Crippen LogP contribution in [-0.4, -0.2) is 95.4 Å². The van der Waals surface area contributed by atoms with E-state index in [0.717, 1.165) is 57.8 Å². The quantitative estimate of drug-likeness (QED) is 0.0193. The second kappa shape index (κ2) is 59.5. The Hall–Kier alpha value is -1.42. The first-order valence-electron chi connectivity index (χ1n) is 35.7. The van der Waals surface area contributed by atoms with Gasteiger partial charge in [0.05, 0.1) is 25.4 Å². The van der Waals surface area contributed by atoms with Gasteiger partial charge in [-0.05, 0) is 44.9 Å². The molecule has 6 N–H and O–H groups in total. The van der Waals surface area contributed by atoms with E-state index in [1.165, 1.54) is 276 Å². The first kappa shape index (κ1) is 79.6. The summed E-state index contributed by atoms with van der Waals surface area (Å²) in [6.45, 7) is 3.52. The van der Waals surface area contributed by atoms with Crippen LogP contribution in [0.2, 0.25) is 0 Å². The van der Waals surface area contributed by atoms with E-state index >= 15 is 0 Å². The highest BCUT2D eigenvalue weighted by atomic mass is 32.3. The lowest BCUT2D eigenvalue weighted by molar-refractivity contribution is -0.298. The van der Waals surface area contributed by atoms with Gasteiger partial charge in [0.25, 0.3) is 0 Å². The average Bonchev–Trinajstić information content (AvgIpc) is 3.42. The molecular weight excluding hydrogens is 1060 g/mol. The molecule has 1 aliphatic rings. The van der Waals surface area contributed by atoms with Crippen LogP contribution < -0.4 is 5.32 Å². The highest BCUT2D eigenvalue weighted by molar-refractivity contribution is 7.80. The van der Waals surface area contributed by atoms with Gasteiger partial charge in [-0.3, -0.25) is 9.35 Å². The molecule has 1 saturated heterocycles. The number of ether oxygens (including phenoxy) is 2. The lowest BCUT2D eigenvalue weighted by Crippen LogP contribution is -2.61. The number of carbonyl (C=O) groups excluding carboxylic acids is 1. The lowest BCUT2D eigenvalue weighted by Gasteiger charge is -2.41. The maximum atomic E-state index is 13.2. The summed E-state index contributed by atoms with van der Waals surface area (Å²) in [6, 6.07) is -0.858. The number of hydrogen-bond acceptors (Lipinski definition) is 10. The van der Waals surface area contributed by atoms with Crippen LogP contribution in [0.3, 0.4) is 0 Å². The van der Waals surface area contributed by atoms with Crippen LogP contribution >= 0.6 is 0 Å². The molecule has 0 bridgehead atoms. The Morgan fingerprint density at radius 1 is 0.482 bits per heavy atom. The molecule has 13 heteroatoms. The van der Waals surface area contributed by atoms with Crippen molar-refractivity contribution < 1.29 is 51.8 Å². The largest absolute Gasteiger partial charge is 0.397 e. The zero-order chi connectivity index (χ0) is 60.4. The van der Waals surface area contributed by atoms with E-state index in [2.05, 4.69) is 47.7 Å². The van der Waals surface area contributed by atoms with E-state index in [9.17, 15) is 38.2 Å². The highest BCUT2D eigenvalue weighted by Crippen LogP contribution is 2.27. The van der Waals surface area contributed by atoms with Crippen molar-refractivity contribution in [2.24, 2.45) is 0 Å². The third-order valence-corrected chi connectivity index (χ3v) is 17.7. The van der Waals surface area contributed by atoms with Gasteiger partial charge in [-0.25, -0.2) is 4.18 Å². The van der Waals surface area contributed by atoms with E-state index in [0.29, 0.717) is 12.8 Å². The van der Waals surface area contributed by atoms with Crippen molar-refractivity contribution in [2.75, 3.05) is 13.2 Å². The van der Waals surface area contributed by atoms with Crippen molar-refractivity contribution in [3.8, 4) is 0 Å². The van der Waals surface area contributed by atoms with Crippen LogP contribution in [0, 0.1) is 0 Å². The number of carbonyl (C=O) groups is 1. The van der Waals surface area contributed by atoms with Crippen molar-refractivity contribution in [1.82, 2.24) is 5.32 Å². The second-order valence-corrected chi connectivity index (χ2v) is 26.2. The predicted molar refractivity (Wildman–Crippen MR) is 347 cm³/mol. The highest BCUT2D eigenvalue weighted by Gasteiger charge is 2.48. The van der Waals surface area contributed by atoms with Crippen molar-refractivity contribution in [3.05, 3.63) is 24.3 Å². The fourth-order valence-electron chi connectivity index (χ4n) is 11.8. The normalized spacial score (nSPS) is 18.5. The number of hydrogen-bond donors (Lipinski definition) is 6. The summed E-state index contributed by atoms with van der Waals surface area (Å²) in [5, 5.41) is 45.3. The minimum absolute atomic E-state index is 0.223. The summed E-state index contributed by atoms with van der Waals surface area (Å²) in [5.74, 6) is -0.223. The molecule has 0 aromatic carbocycles. The number of aliphatic hydroxyl groups excluding tert-OH is 4. The summed E-state index contributed by atoms with van der Waals surface area (Å²) in [7, 11) is -5.08. The SMILES string of the molecule is CCCCCCCCCCCCCCC/C=C\C/C=C\CCCCCCCCCCCCCCCCCCCC(=O)NC(COC1OC(CO)C(O)C(OS(=O)(=O)O)C1O)C(O)CCCCCCCCCCCCCCCCCCCCC. The number of nitrogens with one attached hydrogen (secondary N) is 1. The lowest BCUT2D eigenvalue weighted by atomic mass is 9.99. The summed E-state index contributed by atoms with van der Waals surface area (Å²) in [4.78, 5) is 13.2. The number of unbranched alkanes of at least 4 members (excludes halogenated alkanes) is 48. The van der Waals surface area contributed by atoms with Crippen LogP contribution in [0.15, 0.2) is 24.3 Å². The standard InChI is InChI=1S/C70H135NO11S/c1-3-5-7-9-11-13-15-17-19-21-23-24-25-26-27-28-29-30-31-32-33-34-35-36-37-38-39-40-42-44-46-48-50-52-54-56-58-60-66(74)71-63(62-80-70-68(76)69(82-83(77,78)79)67(75)65(61-72)81-70)64(73)59-57-55-53-51-49-47-45-43-41-22-20-18-16-14-12-10-8-6-4-2/h27-28,30-31,63-65,67-70,72-73,75-76H,3-26,29,32-62H2,1-2H3,(H,71,74)(H,77,78,79)/b28-27-,31-30-. The summed E-state index contributed by atoms with van der Waals surface area (Å²) < 4.78 is 48.1. The van der Waals surface area contributed by atoms with Gasteiger partial charge in [-0.2, -0.15) is 8.42 Å². The molecular formula is C70H135NO11S. The maximum Gasteiger partial charge on any atom is 0.397 e. The topological polar surface area (TPSA) is 192 Å². The van der Waals surface area contributed by atoms with Gasteiger partial charge < -0.3 is 35.2 Å². The Kier molecular flexibility index (Phi) is 57.1. The second-order valence-electron chi connectivity index (χ2n) is 25.2. The fraction of sp³-hybridized carbons (Fsp3) is 0.929. The van der Waals surface area contributed by atoms with E-state index < -0.39 is 59.9 Å². The first-order chi connectivity index (χ1) is 40.5. The van der Waals surface area contributed by atoms with E-state index in [4.69, 9.17) is 9.47 Å². The molecule has 1 amide bonds. The van der Waals surface area contributed by atoms with Gasteiger partial charge in [-0.1, -0.05) is 334 Å². The Morgan fingerprint density at radius 2 is 0.807 bits per heavy atom. The van der Waals surface area contributed by atoms with Gasteiger partial charge in [-0.15, -0.1) is 0 Å². The van der Waals surface area contributed by atoms with Crippen LogP contribution in [0.4, 0.5) is 0 Å². The van der Waals surface area contributed by atoms with Crippen LogP contribution in [0.25, 0.3) is 0 Å². The molecule has 7 unspecified atom stereocenters. The third-order valence-electron chi connectivity index (χ3n) is 17.3. The number of aliphatic hydroxyl groups is 4. The fourth-order valence-corrected chi connectivity index (χ4v) is 12.3. The van der Waals surface area contributed by atoms with E-state index in [1.807, 2.05) is 0 Å². The predicted octanol–water partition coefficient (Wildman–Crippen LogP) is 18.7. The van der Waals surface area contributed by atoms with Crippen LogP contribution in [0.1, 0.15) is 361 Å². The summed E-state index contributed by atoms with van der Waals surface area (Å²) in [5.41, 5.74) is 0. The van der Waals surface area contributed by atoms with Crippen molar-refractivity contribution in [1.29, 1.82) is 0 Å². The van der Waals surface area contributed by atoms with Gasteiger partial charge in [0.15, 0.2) is 6.29 Å². The van der Waals surface area contributed by atoms with Crippen molar-refractivity contribution in [3.63, 3.8) is 0 Å². The smallest absolute Gasteiger partial charge is 0.394 e. The number of rotatable bonds is 64. The summed E-state index contributed by atoms with van der Waals surface area (Å²) in [6.07, 6.45) is 68.0. The van der Waals surface area contributed by atoms with E-state index in [1.54, 1.807) is 0 Å². The molecule has 1 fully saturated rings. The van der Waals surface area contributed by atoms with Crippen LogP contribution in [0.5, 0.6) is 0 Å². The molecule has 0 radical (unpaired) electrons. The third kappa shape index (κ3) is 51.2. The zero-order valence-electron chi connectivity index (χ0n) is 54.0. The molecule has 0 aliphatic carbocycles. The molecule has 7 atom stereocenters. The molecule has 0 aromatic heterocycles. The molecule has 0 aromatic rings. The molecule has 0 saturated carbocycles. The van der Waals surface area contributed by atoms with Crippen molar-refractivity contribution in [2.45, 2.75) is 403 Å². The summed E-state index contributed by atoms with van der Waals surface area (Å²) >= 11 is 0. The molecule has 12 nitrogen and oxygen atoms in total. The molecule has 83 heavy (non-hydrogen) atoms. The number of allylic oxidation sites excluding steroid dienone is 4. The van der Waals surface area contributed by atoms with E-state index in [-0.39, 0.29) is 12.5 Å². The minimum Gasteiger partial charge on any atom is -0.394 e. The molecule has 0 spiro atoms. The maximum absolute atomic E-state index is 13.2. The van der Waals surface area contributed by atoms with Gasteiger partial charge in [0.2, 0.25) is 5.91 Å². The Bertz CT molecular complexity index is 1550. The Labute approximate surface area is 512 Å². The molecule has 1 rings (SSSR count). The molecule has 492 valence electrons. The minimum atomic E-state index is -5.08. The first-order valence-corrected chi connectivity index (χ1v) is 37.1. The van der Waals surface area contributed by atoms with Gasteiger partial charge in [0.1, 0.15) is 24.4 Å². The number of amides is 1. The van der Waals surface area contributed by atoms with Crippen molar-refractivity contribution >= 4 is 16.3 Å². The average molecular weight is 1200 g/mol.